The zero-order chi connectivity index (χ0) is 15.1. The van der Waals surface area contributed by atoms with Crippen LogP contribution in [0.25, 0.3) is 0 Å². The van der Waals surface area contributed by atoms with Crippen molar-refractivity contribution in [3.05, 3.63) is 35.1 Å². The van der Waals surface area contributed by atoms with E-state index in [1.165, 1.54) is 57.8 Å². The first kappa shape index (κ1) is 16.0. The van der Waals surface area contributed by atoms with Gasteiger partial charge >= 0.3 is 5.97 Å². The molecular formula is C17H24FNO2. The standard InChI is InChI=1S/C17H24FNO2/c1-21-17(20)15-8-7-14(11-16(15)18)12-19-10-9-13-5-3-2-4-6-13/h7-8,11,13,19H,2-6,9-10,12H2,1H3. The number of hydrogen-bond acceptors (Lipinski definition) is 3. The van der Waals surface area contributed by atoms with Gasteiger partial charge in [0, 0.05) is 6.54 Å². The Morgan fingerprint density at radius 2 is 2.10 bits per heavy atom. The molecule has 116 valence electrons. The Labute approximate surface area is 125 Å². The highest BCUT2D eigenvalue weighted by atomic mass is 19.1. The minimum absolute atomic E-state index is 0.0107. The number of carbonyl (C=O) groups is 1. The molecule has 0 saturated heterocycles. The third kappa shape index (κ3) is 4.81. The maximum absolute atomic E-state index is 13.8. The lowest BCUT2D eigenvalue weighted by molar-refractivity contribution is 0.0595. The molecule has 0 spiro atoms. The molecule has 0 heterocycles. The van der Waals surface area contributed by atoms with E-state index in [1.807, 2.05) is 0 Å². The molecule has 1 aromatic rings. The number of benzene rings is 1. The van der Waals surface area contributed by atoms with E-state index < -0.39 is 11.8 Å². The van der Waals surface area contributed by atoms with Crippen LogP contribution in [-0.2, 0) is 11.3 Å². The van der Waals surface area contributed by atoms with Crippen LogP contribution in [0.2, 0.25) is 0 Å². The van der Waals surface area contributed by atoms with Gasteiger partial charge in [0.15, 0.2) is 0 Å². The molecule has 1 aliphatic carbocycles. The second kappa shape index (κ2) is 8.13. The van der Waals surface area contributed by atoms with Crippen LogP contribution < -0.4 is 5.32 Å². The normalized spacial score (nSPS) is 15.9. The fourth-order valence-electron chi connectivity index (χ4n) is 2.96. The van der Waals surface area contributed by atoms with E-state index in [0.717, 1.165) is 18.0 Å². The second-order valence-corrected chi connectivity index (χ2v) is 5.78. The van der Waals surface area contributed by atoms with E-state index in [2.05, 4.69) is 10.1 Å². The molecule has 4 heteroatoms. The third-order valence-electron chi connectivity index (χ3n) is 4.22. The highest BCUT2D eigenvalue weighted by Gasteiger charge is 2.13. The van der Waals surface area contributed by atoms with Gasteiger partial charge in [0.1, 0.15) is 5.82 Å². The molecule has 0 aliphatic heterocycles. The summed E-state index contributed by atoms with van der Waals surface area (Å²) in [6.45, 7) is 1.59. The summed E-state index contributed by atoms with van der Waals surface area (Å²) in [6, 6.07) is 4.65. The van der Waals surface area contributed by atoms with Crippen LogP contribution in [0.4, 0.5) is 4.39 Å². The van der Waals surface area contributed by atoms with Crippen LogP contribution >= 0.6 is 0 Å². The van der Waals surface area contributed by atoms with Gasteiger partial charge in [0.2, 0.25) is 0 Å². The molecule has 0 radical (unpaired) electrons. The average molecular weight is 293 g/mol. The average Bonchev–Trinajstić information content (AvgIpc) is 2.52. The van der Waals surface area contributed by atoms with Gasteiger partial charge in [-0.15, -0.1) is 0 Å². The predicted molar refractivity (Wildman–Crippen MR) is 80.6 cm³/mol. The molecule has 1 aliphatic rings. The van der Waals surface area contributed by atoms with Crippen LogP contribution in [0.1, 0.15) is 54.4 Å². The van der Waals surface area contributed by atoms with Gasteiger partial charge in [0.05, 0.1) is 12.7 Å². The topological polar surface area (TPSA) is 38.3 Å². The van der Waals surface area contributed by atoms with E-state index in [1.54, 1.807) is 6.07 Å². The molecule has 1 fully saturated rings. The lowest BCUT2D eigenvalue weighted by Crippen LogP contribution is -2.19. The van der Waals surface area contributed by atoms with E-state index in [4.69, 9.17) is 0 Å². The molecule has 0 aromatic heterocycles. The first-order valence-electron chi connectivity index (χ1n) is 7.78. The fourth-order valence-corrected chi connectivity index (χ4v) is 2.96. The Morgan fingerprint density at radius 3 is 2.76 bits per heavy atom. The van der Waals surface area contributed by atoms with E-state index in [-0.39, 0.29) is 5.56 Å². The van der Waals surface area contributed by atoms with Gasteiger partial charge < -0.3 is 10.1 Å². The Balaban J connectivity index is 1.75. The zero-order valence-electron chi connectivity index (χ0n) is 12.7. The lowest BCUT2D eigenvalue weighted by Gasteiger charge is -2.21. The largest absolute Gasteiger partial charge is 0.465 e. The number of esters is 1. The Morgan fingerprint density at radius 1 is 1.33 bits per heavy atom. The van der Waals surface area contributed by atoms with Gasteiger partial charge in [-0.3, -0.25) is 0 Å². The molecule has 3 nitrogen and oxygen atoms in total. The van der Waals surface area contributed by atoms with Crippen molar-refractivity contribution in [1.82, 2.24) is 5.32 Å². The van der Waals surface area contributed by atoms with Crippen LogP contribution in [0, 0.1) is 11.7 Å². The quantitative estimate of drug-likeness (QED) is 0.642. The molecule has 1 saturated carbocycles. The molecule has 0 atom stereocenters. The summed E-state index contributed by atoms with van der Waals surface area (Å²) < 4.78 is 18.3. The monoisotopic (exact) mass is 293 g/mol. The first-order valence-corrected chi connectivity index (χ1v) is 7.78. The SMILES string of the molecule is COC(=O)c1ccc(CNCCC2CCCCC2)cc1F. The summed E-state index contributed by atoms with van der Waals surface area (Å²) in [7, 11) is 1.25. The molecule has 21 heavy (non-hydrogen) atoms. The summed E-state index contributed by atoms with van der Waals surface area (Å²) >= 11 is 0. The van der Waals surface area contributed by atoms with Crippen LogP contribution in [0.15, 0.2) is 18.2 Å². The summed E-state index contributed by atoms with van der Waals surface area (Å²) in [5.74, 6) is -0.303. The number of methoxy groups -OCH3 is 1. The van der Waals surface area contributed by atoms with Crippen LogP contribution in [0.5, 0.6) is 0 Å². The summed E-state index contributed by atoms with van der Waals surface area (Å²) in [5.41, 5.74) is 0.840. The predicted octanol–water partition coefficient (Wildman–Crippen LogP) is 3.67. The molecule has 1 N–H and O–H groups in total. The molecule has 0 bridgehead atoms. The first-order chi connectivity index (χ1) is 10.2. The van der Waals surface area contributed by atoms with Crippen molar-refractivity contribution in [2.45, 2.75) is 45.1 Å². The van der Waals surface area contributed by atoms with Gasteiger partial charge in [-0.25, -0.2) is 9.18 Å². The summed E-state index contributed by atoms with van der Waals surface area (Å²) in [6.07, 6.45) is 8.02. The van der Waals surface area contributed by atoms with Crippen LogP contribution in [0.3, 0.4) is 0 Å². The number of ether oxygens (including phenoxy) is 1. The molecule has 0 unspecified atom stereocenters. The van der Waals surface area contributed by atoms with E-state index >= 15 is 0 Å². The van der Waals surface area contributed by atoms with Crippen molar-refractivity contribution >= 4 is 5.97 Å². The number of rotatable bonds is 6. The van der Waals surface area contributed by atoms with Gasteiger partial charge in [-0.1, -0.05) is 38.2 Å². The van der Waals surface area contributed by atoms with Crippen molar-refractivity contribution in [2.24, 2.45) is 5.92 Å². The zero-order valence-corrected chi connectivity index (χ0v) is 12.7. The van der Waals surface area contributed by atoms with Gasteiger partial charge in [-0.2, -0.15) is 0 Å². The highest BCUT2D eigenvalue weighted by Crippen LogP contribution is 2.25. The Bertz CT molecular complexity index is 470. The minimum atomic E-state index is -0.635. The van der Waals surface area contributed by atoms with Crippen molar-refractivity contribution in [3.63, 3.8) is 0 Å². The summed E-state index contributed by atoms with van der Waals surface area (Å²) in [5, 5.41) is 3.36. The molecule has 2 rings (SSSR count). The number of halogens is 1. The maximum atomic E-state index is 13.8. The Hall–Kier alpha value is -1.42. The lowest BCUT2D eigenvalue weighted by atomic mass is 9.87. The van der Waals surface area contributed by atoms with E-state index in [0.29, 0.717) is 6.54 Å². The molecule has 0 amide bonds. The van der Waals surface area contributed by atoms with Gasteiger partial charge in [-0.05, 0) is 36.6 Å². The maximum Gasteiger partial charge on any atom is 0.340 e. The molecular weight excluding hydrogens is 269 g/mol. The Kier molecular flexibility index (Phi) is 6.18. The van der Waals surface area contributed by atoms with Crippen molar-refractivity contribution in [3.8, 4) is 0 Å². The number of nitrogens with one attached hydrogen (secondary N) is 1. The van der Waals surface area contributed by atoms with E-state index in [9.17, 15) is 9.18 Å². The fraction of sp³-hybridized carbons (Fsp3) is 0.588. The van der Waals surface area contributed by atoms with Crippen molar-refractivity contribution in [1.29, 1.82) is 0 Å². The number of carbonyl (C=O) groups excluding carboxylic acids is 1. The van der Waals surface area contributed by atoms with Gasteiger partial charge in [0.25, 0.3) is 0 Å². The number of hydrogen-bond donors (Lipinski definition) is 1. The van der Waals surface area contributed by atoms with Crippen LogP contribution in [-0.4, -0.2) is 19.6 Å². The molecule has 1 aromatic carbocycles. The highest BCUT2D eigenvalue weighted by molar-refractivity contribution is 5.89. The second-order valence-electron chi connectivity index (χ2n) is 5.78. The van der Waals surface area contributed by atoms with Crippen molar-refractivity contribution in [2.75, 3.05) is 13.7 Å². The summed E-state index contributed by atoms with van der Waals surface area (Å²) in [4.78, 5) is 11.3. The minimum Gasteiger partial charge on any atom is -0.465 e. The third-order valence-corrected chi connectivity index (χ3v) is 4.22. The smallest absolute Gasteiger partial charge is 0.340 e. The van der Waals surface area contributed by atoms with Crippen molar-refractivity contribution < 1.29 is 13.9 Å².